The van der Waals surface area contributed by atoms with Gasteiger partial charge in [-0.25, -0.2) is 8.78 Å². The van der Waals surface area contributed by atoms with Crippen molar-refractivity contribution in [1.82, 2.24) is 4.90 Å². The number of benzene rings is 1. The number of hydrogen-bond acceptors (Lipinski definition) is 2. The predicted molar refractivity (Wildman–Crippen MR) is 64.3 cm³/mol. The molecule has 0 aliphatic rings. The zero-order valence-electron chi connectivity index (χ0n) is 9.30. The van der Waals surface area contributed by atoms with E-state index in [-0.39, 0.29) is 22.5 Å². The normalized spacial score (nSPS) is 13.2. The maximum Gasteiger partial charge on any atom is 0.143 e. The molecule has 1 aromatic carbocycles. The SMILES string of the molecule is CN(C)CC(N)Cc1c(F)ccc(Br)c1F. The third-order valence-corrected chi connectivity index (χ3v) is 2.82. The van der Waals surface area contributed by atoms with Gasteiger partial charge in [-0.15, -0.1) is 0 Å². The van der Waals surface area contributed by atoms with Crippen molar-refractivity contribution < 1.29 is 8.78 Å². The molecule has 0 saturated heterocycles. The Balaban J connectivity index is 2.84. The third-order valence-electron chi connectivity index (χ3n) is 2.20. The predicted octanol–water partition coefficient (Wildman–Crippen LogP) is 2.16. The van der Waals surface area contributed by atoms with Crippen molar-refractivity contribution in [2.24, 2.45) is 5.73 Å². The molecule has 0 spiro atoms. The Bertz CT molecular complexity index is 369. The molecule has 0 aliphatic heterocycles. The summed E-state index contributed by atoms with van der Waals surface area (Å²) in [6, 6.07) is 2.31. The highest BCUT2D eigenvalue weighted by atomic mass is 79.9. The Hall–Kier alpha value is -0.520. The standard InChI is InChI=1S/C11H15BrF2N2/c1-16(2)6-7(15)5-8-10(13)4-3-9(12)11(8)14/h3-4,7H,5-6,15H2,1-2H3. The van der Waals surface area contributed by atoms with E-state index >= 15 is 0 Å². The monoisotopic (exact) mass is 292 g/mol. The molecular weight excluding hydrogens is 278 g/mol. The van der Waals surface area contributed by atoms with Crippen LogP contribution in [0.15, 0.2) is 16.6 Å². The minimum absolute atomic E-state index is 0.0451. The van der Waals surface area contributed by atoms with Gasteiger partial charge in [0.05, 0.1) is 4.47 Å². The molecule has 2 nitrogen and oxygen atoms in total. The number of rotatable bonds is 4. The summed E-state index contributed by atoms with van der Waals surface area (Å²) in [7, 11) is 3.74. The largest absolute Gasteiger partial charge is 0.326 e. The summed E-state index contributed by atoms with van der Waals surface area (Å²) in [6.07, 6.45) is 0.190. The molecule has 1 unspecified atom stereocenters. The zero-order valence-corrected chi connectivity index (χ0v) is 10.9. The molecule has 0 aromatic heterocycles. The van der Waals surface area contributed by atoms with Gasteiger partial charge in [0.15, 0.2) is 0 Å². The van der Waals surface area contributed by atoms with Crippen LogP contribution in [0.25, 0.3) is 0 Å². The van der Waals surface area contributed by atoms with Crippen LogP contribution in [-0.2, 0) is 6.42 Å². The second-order valence-corrected chi connectivity index (χ2v) is 4.90. The number of likely N-dealkylation sites (N-methyl/N-ethyl adjacent to an activating group) is 1. The van der Waals surface area contributed by atoms with E-state index in [9.17, 15) is 8.78 Å². The second kappa shape index (κ2) is 5.70. The Kier molecular flexibility index (Phi) is 4.83. The van der Waals surface area contributed by atoms with Crippen molar-refractivity contribution in [3.8, 4) is 0 Å². The molecule has 0 aliphatic carbocycles. The molecule has 5 heteroatoms. The van der Waals surface area contributed by atoms with Gasteiger partial charge in [-0.2, -0.15) is 0 Å². The van der Waals surface area contributed by atoms with E-state index in [1.807, 2.05) is 19.0 Å². The zero-order chi connectivity index (χ0) is 12.3. The fourth-order valence-electron chi connectivity index (χ4n) is 1.55. The lowest BCUT2D eigenvalue weighted by molar-refractivity contribution is 0.367. The first-order chi connectivity index (χ1) is 7.41. The minimum atomic E-state index is -0.561. The second-order valence-electron chi connectivity index (χ2n) is 4.05. The van der Waals surface area contributed by atoms with E-state index < -0.39 is 11.6 Å². The average molecular weight is 293 g/mol. The Morgan fingerprint density at radius 1 is 1.38 bits per heavy atom. The van der Waals surface area contributed by atoms with Crippen molar-refractivity contribution >= 4 is 15.9 Å². The third kappa shape index (κ3) is 3.50. The first-order valence-corrected chi connectivity index (χ1v) is 5.73. The van der Waals surface area contributed by atoms with E-state index in [1.54, 1.807) is 0 Å². The lowest BCUT2D eigenvalue weighted by Crippen LogP contribution is -2.35. The van der Waals surface area contributed by atoms with Crippen LogP contribution in [-0.4, -0.2) is 31.6 Å². The molecule has 0 amide bonds. The van der Waals surface area contributed by atoms with Crippen molar-refractivity contribution in [2.45, 2.75) is 12.5 Å². The van der Waals surface area contributed by atoms with Crippen LogP contribution < -0.4 is 5.73 Å². The first kappa shape index (κ1) is 13.5. The van der Waals surface area contributed by atoms with Gasteiger partial charge in [-0.05, 0) is 48.6 Å². The molecule has 0 radical (unpaired) electrons. The summed E-state index contributed by atoms with van der Waals surface area (Å²) in [5.41, 5.74) is 5.85. The van der Waals surface area contributed by atoms with Crippen LogP contribution in [0, 0.1) is 11.6 Å². The molecule has 1 aromatic rings. The van der Waals surface area contributed by atoms with Gasteiger partial charge in [0.1, 0.15) is 11.6 Å². The van der Waals surface area contributed by atoms with Crippen LogP contribution in [0.5, 0.6) is 0 Å². The highest BCUT2D eigenvalue weighted by molar-refractivity contribution is 9.10. The Morgan fingerprint density at radius 2 is 2.00 bits per heavy atom. The number of hydrogen-bond donors (Lipinski definition) is 1. The summed E-state index contributed by atoms with van der Waals surface area (Å²) >= 11 is 3.03. The van der Waals surface area contributed by atoms with E-state index in [0.717, 1.165) is 0 Å². The van der Waals surface area contributed by atoms with Gasteiger partial charge in [-0.3, -0.25) is 0 Å². The Morgan fingerprint density at radius 3 is 2.56 bits per heavy atom. The number of nitrogens with two attached hydrogens (primary N) is 1. The topological polar surface area (TPSA) is 29.3 Å². The van der Waals surface area contributed by atoms with Crippen LogP contribution in [0.3, 0.4) is 0 Å². The van der Waals surface area contributed by atoms with Gasteiger partial charge < -0.3 is 10.6 Å². The molecule has 1 rings (SSSR count). The van der Waals surface area contributed by atoms with E-state index in [2.05, 4.69) is 15.9 Å². The Labute approximate surface area is 103 Å². The van der Waals surface area contributed by atoms with E-state index in [0.29, 0.717) is 6.54 Å². The van der Waals surface area contributed by atoms with Crippen LogP contribution in [0.4, 0.5) is 8.78 Å². The lowest BCUT2D eigenvalue weighted by atomic mass is 10.1. The summed E-state index contributed by atoms with van der Waals surface area (Å²) in [4.78, 5) is 1.89. The number of halogens is 3. The highest BCUT2D eigenvalue weighted by Crippen LogP contribution is 2.22. The van der Waals surface area contributed by atoms with Crippen molar-refractivity contribution in [1.29, 1.82) is 0 Å². The first-order valence-electron chi connectivity index (χ1n) is 4.94. The quantitative estimate of drug-likeness (QED) is 0.862. The molecule has 1 atom stereocenters. The smallest absolute Gasteiger partial charge is 0.143 e. The van der Waals surface area contributed by atoms with Gasteiger partial charge in [0.2, 0.25) is 0 Å². The molecular formula is C11H15BrF2N2. The minimum Gasteiger partial charge on any atom is -0.326 e. The maximum atomic E-state index is 13.6. The summed E-state index contributed by atoms with van der Waals surface area (Å²) in [5, 5.41) is 0. The van der Waals surface area contributed by atoms with Crippen LogP contribution in [0.1, 0.15) is 5.56 Å². The van der Waals surface area contributed by atoms with Gasteiger partial charge in [0.25, 0.3) is 0 Å². The van der Waals surface area contributed by atoms with E-state index in [1.165, 1.54) is 12.1 Å². The van der Waals surface area contributed by atoms with Gasteiger partial charge in [-0.1, -0.05) is 0 Å². The lowest BCUT2D eigenvalue weighted by Gasteiger charge is -2.17. The molecule has 16 heavy (non-hydrogen) atoms. The average Bonchev–Trinajstić information content (AvgIpc) is 2.17. The van der Waals surface area contributed by atoms with Gasteiger partial charge >= 0.3 is 0 Å². The summed E-state index contributed by atoms with van der Waals surface area (Å²) < 4.78 is 27.3. The fourth-order valence-corrected chi connectivity index (χ4v) is 1.92. The molecule has 0 fully saturated rings. The summed E-state index contributed by atoms with van der Waals surface area (Å²) in [5.74, 6) is -1.11. The van der Waals surface area contributed by atoms with Crippen LogP contribution in [0.2, 0.25) is 0 Å². The molecule has 0 bridgehead atoms. The fraction of sp³-hybridized carbons (Fsp3) is 0.455. The van der Waals surface area contributed by atoms with Crippen LogP contribution >= 0.6 is 15.9 Å². The number of nitrogens with zero attached hydrogens (tertiary/aromatic N) is 1. The summed E-state index contributed by atoms with van der Waals surface area (Å²) in [6.45, 7) is 0.589. The van der Waals surface area contributed by atoms with Gasteiger partial charge in [0, 0.05) is 18.2 Å². The molecule has 0 heterocycles. The maximum absolute atomic E-state index is 13.6. The molecule has 2 N–H and O–H groups in total. The van der Waals surface area contributed by atoms with Crippen molar-refractivity contribution in [2.75, 3.05) is 20.6 Å². The molecule has 0 saturated carbocycles. The highest BCUT2D eigenvalue weighted by Gasteiger charge is 2.15. The van der Waals surface area contributed by atoms with Crippen molar-refractivity contribution in [3.63, 3.8) is 0 Å². The van der Waals surface area contributed by atoms with E-state index in [4.69, 9.17) is 5.73 Å². The van der Waals surface area contributed by atoms with Crippen molar-refractivity contribution in [3.05, 3.63) is 33.8 Å². The molecule has 90 valence electrons.